The number of rotatable bonds is 3. The van der Waals surface area contributed by atoms with Crippen molar-refractivity contribution in [3.8, 4) is 11.6 Å². The van der Waals surface area contributed by atoms with E-state index in [0.717, 1.165) is 10.6 Å². The summed E-state index contributed by atoms with van der Waals surface area (Å²) in [7, 11) is 0. The summed E-state index contributed by atoms with van der Waals surface area (Å²) in [4.78, 5) is 20.8. The fourth-order valence-corrected chi connectivity index (χ4v) is 1.60. The molecule has 0 spiro atoms. The molecule has 0 aliphatic heterocycles. The van der Waals surface area contributed by atoms with Crippen LogP contribution in [0.15, 0.2) is 28.7 Å². The van der Waals surface area contributed by atoms with Gasteiger partial charge in [0.05, 0.1) is 6.07 Å². The van der Waals surface area contributed by atoms with Crippen LogP contribution in [0.1, 0.15) is 10.5 Å². The highest BCUT2D eigenvalue weighted by molar-refractivity contribution is 5.85. The number of carbonyl (C=O) groups is 1. The molecular formula is C10H5N5O5. The normalized spacial score (nSPS) is 10.8. The lowest BCUT2D eigenvalue weighted by molar-refractivity contribution is -0.401. The Morgan fingerprint density at radius 2 is 2.10 bits per heavy atom. The number of aromatic nitrogens is 4. The Labute approximate surface area is 109 Å². The number of carboxylic acid groups (broad SMARTS) is 1. The van der Waals surface area contributed by atoms with E-state index in [0.29, 0.717) is 5.65 Å². The van der Waals surface area contributed by atoms with Crippen molar-refractivity contribution >= 4 is 17.5 Å². The quantitative estimate of drug-likeness (QED) is 0.551. The SMILES string of the molecule is O=C(O)c1ccc2nnc(-c3ccc([N+](=O)[O-])o3)n2n1. The second-order valence-corrected chi connectivity index (χ2v) is 3.71. The van der Waals surface area contributed by atoms with Gasteiger partial charge in [0.2, 0.25) is 5.82 Å². The van der Waals surface area contributed by atoms with Gasteiger partial charge >= 0.3 is 11.9 Å². The Morgan fingerprint density at radius 1 is 1.30 bits per heavy atom. The van der Waals surface area contributed by atoms with Crippen molar-refractivity contribution in [3.63, 3.8) is 0 Å². The van der Waals surface area contributed by atoms with Gasteiger partial charge in [0.15, 0.2) is 17.1 Å². The predicted octanol–water partition coefficient (Wildman–Crippen LogP) is 0.991. The molecule has 3 heterocycles. The van der Waals surface area contributed by atoms with E-state index >= 15 is 0 Å². The number of fused-ring (bicyclic) bond motifs is 1. The topological polar surface area (TPSA) is 137 Å². The molecule has 0 amide bonds. The Bertz CT molecular complexity index is 836. The largest absolute Gasteiger partial charge is 0.476 e. The Balaban J connectivity index is 2.17. The fourth-order valence-electron chi connectivity index (χ4n) is 1.60. The van der Waals surface area contributed by atoms with Crippen molar-refractivity contribution in [1.82, 2.24) is 19.8 Å². The zero-order valence-corrected chi connectivity index (χ0v) is 9.63. The Morgan fingerprint density at radius 3 is 2.75 bits per heavy atom. The lowest BCUT2D eigenvalue weighted by atomic mass is 10.4. The molecule has 3 aromatic rings. The molecule has 0 aliphatic rings. The predicted molar refractivity (Wildman–Crippen MR) is 62.1 cm³/mol. The maximum absolute atomic E-state index is 10.9. The molecule has 0 fully saturated rings. The molecule has 10 heteroatoms. The van der Waals surface area contributed by atoms with Gasteiger partial charge in [-0.2, -0.15) is 9.61 Å². The molecule has 1 N–H and O–H groups in total. The lowest BCUT2D eigenvalue weighted by Crippen LogP contribution is -2.05. The maximum Gasteiger partial charge on any atom is 0.433 e. The molecule has 0 atom stereocenters. The van der Waals surface area contributed by atoms with Crippen LogP contribution in [-0.4, -0.2) is 35.8 Å². The molecule has 20 heavy (non-hydrogen) atoms. The van der Waals surface area contributed by atoms with Crippen molar-refractivity contribution in [1.29, 1.82) is 0 Å². The van der Waals surface area contributed by atoms with E-state index in [9.17, 15) is 14.9 Å². The van der Waals surface area contributed by atoms with E-state index in [1.807, 2.05) is 0 Å². The third kappa shape index (κ3) is 1.75. The van der Waals surface area contributed by atoms with E-state index < -0.39 is 16.8 Å². The van der Waals surface area contributed by atoms with Crippen molar-refractivity contribution < 1.29 is 19.2 Å². The summed E-state index contributed by atoms with van der Waals surface area (Å²) >= 11 is 0. The van der Waals surface area contributed by atoms with E-state index in [1.165, 1.54) is 18.2 Å². The van der Waals surface area contributed by atoms with Gasteiger partial charge in [0.1, 0.15) is 4.92 Å². The third-order valence-corrected chi connectivity index (χ3v) is 2.47. The highest BCUT2D eigenvalue weighted by atomic mass is 16.6. The average molecular weight is 275 g/mol. The van der Waals surface area contributed by atoms with Crippen molar-refractivity contribution in [2.24, 2.45) is 0 Å². The number of hydrogen-bond donors (Lipinski definition) is 1. The smallest absolute Gasteiger partial charge is 0.433 e. The molecule has 0 unspecified atom stereocenters. The minimum atomic E-state index is -1.21. The summed E-state index contributed by atoms with van der Waals surface area (Å²) < 4.78 is 6.13. The van der Waals surface area contributed by atoms with Gasteiger partial charge in [0, 0.05) is 0 Å². The van der Waals surface area contributed by atoms with Crippen molar-refractivity contribution in [3.05, 3.63) is 40.1 Å². The van der Waals surface area contributed by atoms with Gasteiger partial charge in [-0.15, -0.1) is 10.2 Å². The van der Waals surface area contributed by atoms with Gasteiger partial charge < -0.3 is 9.52 Å². The van der Waals surface area contributed by atoms with Gasteiger partial charge in [-0.05, 0) is 18.2 Å². The van der Waals surface area contributed by atoms with Crippen molar-refractivity contribution in [2.45, 2.75) is 0 Å². The van der Waals surface area contributed by atoms with Gasteiger partial charge in [-0.1, -0.05) is 0 Å². The van der Waals surface area contributed by atoms with Crippen LogP contribution in [0, 0.1) is 10.1 Å². The first kappa shape index (κ1) is 11.8. The average Bonchev–Trinajstić information content (AvgIpc) is 3.03. The molecule has 0 aliphatic carbocycles. The summed E-state index contributed by atoms with van der Waals surface area (Å²) in [5.41, 5.74) is 0.0867. The van der Waals surface area contributed by atoms with E-state index in [2.05, 4.69) is 15.3 Å². The Hall–Kier alpha value is -3.30. The zero-order chi connectivity index (χ0) is 14.3. The fraction of sp³-hybridized carbons (Fsp3) is 0. The van der Waals surface area contributed by atoms with Gasteiger partial charge in [-0.3, -0.25) is 10.1 Å². The third-order valence-electron chi connectivity index (χ3n) is 2.47. The monoisotopic (exact) mass is 275 g/mol. The highest BCUT2D eigenvalue weighted by Gasteiger charge is 2.19. The summed E-state index contributed by atoms with van der Waals surface area (Å²) in [6.45, 7) is 0. The zero-order valence-electron chi connectivity index (χ0n) is 9.63. The molecule has 3 rings (SSSR count). The number of aromatic carboxylic acids is 1. The van der Waals surface area contributed by atoms with Crippen LogP contribution < -0.4 is 0 Å². The second-order valence-electron chi connectivity index (χ2n) is 3.71. The van der Waals surface area contributed by atoms with E-state index in [-0.39, 0.29) is 17.3 Å². The van der Waals surface area contributed by atoms with Gasteiger partial charge in [-0.25, -0.2) is 4.79 Å². The van der Waals surface area contributed by atoms with E-state index in [1.54, 1.807) is 0 Å². The number of carboxylic acids is 1. The Kier molecular flexibility index (Phi) is 2.42. The van der Waals surface area contributed by atoms with E-state index in [4.69, 9.17) is 9.52 Å². The molecule has 0 saturated heterocycles. The maximum atomic E-state index is 10.9. The summed E-state index contributed by atoms with van der Waals surface area (Å²) in [6.07, 6.45) is 0. The molecule has 0 aromatic carbocycles. The van der Waals surface area contributed by atoms with Crippen LogP contribution >= 0.6 is 0 Å². The second kappa shape index (κ2) is 4.12. The number of nitrogens with zero attached hydrogens (tertiary/aromatic N) is 5. The molecule has 0 bridgehead atoms. The first-order valence-electron chi connectivity index (χ1n) is 5.26. The summed E-state index contributed by atoms with van der Waals surface area (Å²) in [5, 5.41) is 30.8. The number of hydrogen-bond acceptors (Lipinski definition) is 7. The minimum absolute atomic E-state index is 0.0687. The molecule has 10 nitrogen and oxygen atoms in total. The van der Waals surface area contributed by atoms with Crippen LogP contribution in [0.2, 0.25) is 0 Å². The molecule has 0 saturated carbocycles. The number of nitro groups is 1. The molecule has 3 aromatic heterocycles. The first-order chi connectivity index (χ1) is 9.56. The summed E-state index contributed by atoms with van der Waals surface area (Å²) in [5.74, 6) is -1.52. The van der Waals surface area contributed by atoms with Crippen LogP contribution in [0.5, 0.6) is 0 Å². The molecule has 0 radical (unpaired) electrons. The number of furan rings is 1. The standard InChI is InChI=1S/C10H5N5O5/c16-10(17)5-1-3-7-11-12-9(14(7)13-5)6-2-4-8(20-6)15(18)19/h1-4H,(H,16,17). The van der Waals surface area contributed by atoms with Gasteiger partial charge in [0.25, 0.3) is 0 Å². The lowest BCUT2D eigenvalue weighted by Gasteiger charge is -1.97. The molecule has 100 valence electrons. The molecular weight excluding hydrogens is 270 g/mol. The van der Waals surface area contributed by atoms with Crippen LogP contribution in [-0.2, 0) is 0 Å². The van der Waals surface area contributed by atoms with Crippen molar-refractivity contribution in [2.75, 3.05) is 0 Å². The minimum Gasteiger partial charge on any atom is -0.476 e. The highest BCUT2D eigenvalue weighted by Crippen LogP contribution is 2.24. The van der Waals surface area contributed by atoms with Crippen LogP contribution in [0.4, 0.5) is 5.88 Å². The van der Waals surface area contributed by atoms with Crippen LogP contribution in [0.25, 0.3) is 17.2 Å². The summed E-state index contributed by atoms with van der Waals surface area (Å²) in [6, 6.07) is 5.20. The van der Waals surface area contributed by atoms with Crippen LogP contribution in [0.3, 0.4) is 0 Å². The first-order valence-corrected chi connectivity index (χ1v) is 5.26.